The number of aliphatic hydroxyl groups excluding tert-OH is 1. The molecule has 3 aliphatic carbocycles. The molecule has 126 valence electrons. The van der Waals surface area contributed by atoms with Crippen LogP contribution in [0.4, 0.5) is 0 Å². The smallest absolute Gasteiger partial charge is 0.115 e. The van der Waals surface area contributed by atoms with Gasteiger partial charge in [0.1, 0.15) is 5.75 Å². The third-order valence-electron chi connectivity index (χ3n) is 7.29. The molecule has 4 rings (SSSR count). The first-order chi connectivity index (χ1) is 11.0. The van der Waals surface area contributed by atoms with Crippen molar-refractivity contribution in [3.8, 4) is 5.75 Å². The Morgan fingerprint density at radius 1 is 1.30 bits per heavy atom. The number of benzene rings is 1. The largest absolute Gasteiger partial charge is 0.508 e. The van der Waals surface area contributed by atoms with Crippen molar-refractivity contribution in [2.24, 2.45) is 23.2 Å². The molecule has 0 radical (unpaired) electrons. The van der Waals surface area contributed by atoms with Gasteiger partial charge in [-0.2, -0.15) is 0 Å². The Bertz CT molecular complexity index is 596. The van der Waals surface area contributed by atoms with Crippen molar-refractivity contribution in [2.75, 3.05) is 0 Å². The minimum Gasteiger partial charge on any atom is -0.508 e. The number of hydrogen-bond donors (Lipinski definition) is 2. The molecular formula is C21H30O2. The molecule has 1 aromatic rings. The first-order valence-corrected chi connectivity index (χ1v) is 9.51. The van der Waals surface area contributed by atoms with Crippen molar-refractivity contribution in [3.05, 3.63) is 29.3 Å². The molecule has 2 heteroatoms. The SMILES string of the molecule is CCC[C@H]1Cc2cc(O)ccc2[C@H]2CC[C@]3(C)C[C@@H](O)C[C@H]3[C@H]12. The molecule has 2 N–H and O–H groups in total. The van der Waals surface area contributed by atoms with E-state index >= 15 is 0 Å². The van der Waals surface area contributed by atoms with E-state index in [0.717, 1.165) is 25.2 Å². The summed E-state index contributed by atoms with van der Waals surface area (Å²) < 4.78 is 0. The Hall–Kier alpha value is -1.02. The van der Waals surface area contributed by atoms with Gasteiger partial charge in [-0.3, -0.25) is 0 Å². The average molecular weight is 314 g/mol. The molecule has 6 atom stereocenters. The third-order valence-corrected chi connectivity index (χ3v) is 7.29. The van der Waals surface area contributed by atoms with Crippen molar-refractivity contribution < 1.29 is 10.2 Å². The molecule has 0 spiro atoms. The Morgan fingerprint density at radius 2 is 2.13 bits per heavy atom. The number of phenolic OH excluding ortho intramolecular Hbond substituents is 1. The van der Waals surface area contributed by atoms with Gasteiger partial charge in [0, 0.05) is 0 Å². The highest BCUT2D eigenvalue weighted by molar-refractivity contribution is 5.40. The molecule has 3 aliphatic rings. The van der Waals surface area contributed by atoms with E-state index in [1.807, 2.05) is 12.1 Å². The van der Waals surface area contributed by atoms with Gasteiger partial charge in [0.2, 0.25) is 0 Å². The van der Waals surface area contributed by atoms with Crippen molar-refractivity contribution in [1.82, 2.24) is 0 Å². The van der Waals surface area contributed by atoms with Crippen LogP contribution in [0.3, 0.4) is 0 Å². The second kappa shape index (κ2) is 5.51. The molecular weight excluding hydrogens is 284 g/mol. The molecule has 23 heavy (non-hydrogen) atoms. The Morgan fingerprint density at radius 3 is 2.91 bits per heavy atom. The maximum absolute atomic E-state index is 10.3. The normalized spacial score (nSPS) is 42.0. The summed E-state index contributed by atoms with van der Waals surface area (Å²) in [4.78, 5) is 0. The highest BCUT2D eigenvalue weighted by Crippen LogP contribution is 2.62. The van der Waals surface area contributed by atoms with Gasteiger partial charge >= 0.3 is 0 Å². The fourth-order valence-corrected chi connectivity index (χ4v) is 6.45. The summed E-state index contributed by atoms with van der Waals surface area (Å²) in [6.45, 7) is 4.72. The molecule has 0 unspecified atom stereocenters. The van der Waals surface area contributed by atoms with E-state index in [4.69, 9.17) is 0 Å². The van der Waals surface area contributed by atoms with Gasteiger partial charge in [0.25, 0.3) is 0 Å². The first kappa shape index (κ1) is 15.5. The topological polar surface area (TPSA) is 40.5 Å². The van der Waals surface area contributed by atoms with E-state index in [2.05, 4.69) is 19.9 Å². The molecule has 2 saturated carbocycles. The van der Waals surface area contributed by atoms with Gasteiger partial charge in [-0.05, 0) is 84.5 Å². The second-order valence-electron chi connectivity index (χ2n) is 8.71. The Balaban J connectivity index is 1.75. The summed E-state index contributed by atoms with van der Waals surface area (Å²) in [6, 6.07) is 6.05. The van der Waals surface area contributed by atoms with Crippen LogP contribution in [0.1, 0.15) is 69.4 Å². The zero-order chi connectivity index (χ0) is 16.2. The van der Waals surface area contributed by atoms with Crippen LogP contribution in [0.25, 0.3) is 0 Å². The van der Waals surface area contributed by atoms with Gasteiger partial charge in [0.05, 0.1) is 6.10 Å². The lowest BCUT2D eigenvalue weighted by Crippen LogP contribution is -2.44. The fraction of sp³-hybridized carbons (Fsp3) is 0.714. The predicted octanol–water partition coefficient (Wildman–Crippen LogP) is 4.64. The lowest BCUT2D eigenvalue weighted by atomic mass is 9.52. The second-order valence-corrected chi connectivity index (χ2v) is 8.71. The summed E-state index contributed by atoms with van der Waals surface area (Å²) in [5.41, 5.74) is 3.22. The zero-order valence-electron chi connectivity index (χ0n) is 14.5. The summed E-state index contributed by atoms with van der Waals surface area (Å²) in [5, 5.41) is 20.2. The van der Waals surface area contributed by atoms with Crippen LogP contribution < -0.4 is 0 Å². The standard InChI is InChI=1S/C21H30O2/c1-3-4-13-9-14-10-15(22)5-6-17(14)18-7-8-21(2)12-16(23)11-19(21)20(13)18/h5-6,10,13,16,18-20,22-23H,3-4,7-9,11-12H2,1-2H3/t13-,16-,18+,19-,20+,21+/m0/s1. The molecule has 0 heterocycles. The van der Waals surface area contributed by atoms with Crippen LogP contribution in [0.5, 0.6) is 5.75 Å². The van der Waals surface area contributed by atoms with E-state index in [-0.39, 0.29) is 6.10 Å². The Kier molecular flexibility index (Phi) is 3.72. The summed E-state index contributed by atoms with van der Waals surface area (Å²) >= 11 is 0. The van der Waals surface area contributed by atoms with Crippen LogP contribution >= 0.6 is 0 Å². The highest BCUT2D eigenvalue weighted by Gasteiger charge is 2.54. The van der Waals surface area contributed by atoms with Crippen molar-refractivity contribution in [2.45, 2.75) is 70.8 Å². The number of fused-ring (bicyclic) bond motifs is 5. The predicted molar refractivity (Wildman–Crippen MR) is 92.5 cm³/mol. The molecule has 1 aromatic carbocycles. The maximum Gasteiger partial charge on any atom is 0.115 e. The monoisotopic (exact) mass is 314 g/mol. The van der Waals surface area contributed by atoms with Crippen LogP contribution in [0.2, 0.25) is 0 Å². The minimum atomic E-state index is -0.0905. The lowest BCUT2D eigenvalue weighted by Gasteiger charge is -2.52. The van der Waals surface area contributed by atoms with Crippen LogP contribution in [-0.2, 0) is 6.42 Å². The third kappa shape index (κ3) is 2.41. The molecule has 2 nitrogen and oxygen atoms in total. The minimum absolute atomic E-state index is 0.0905. The van der Waals surface area contributed by atoms with Gasteiger partial charge < -0.3 is 10.2 Å². The number of hydrogen-bond acceptors (Lipinski definition) is 2. The van der Waals surface area contributed by atoms with Crippen molar-refractivity contribution in [1.29, 1.82) is 0 Å². The number of aromatic hydroxyl groups is 1. The van der Waals surface area contributed by atoms with Crippen LogP contribution in [0.15, 0.2) is 18.2 Å². The van der Waals surface area contributed by atoms with E-state index < -0.39 is 0 Å². The molecule has 0 aliphatic heterocycles. The van der Waals surface area contributed by atoms with Gasteiger partial charge in [-0.15, -0.1) is 0 Å². The van der Waals surface area contributed by atoms with Crippen molar-refractivity contribution >= 4 is 0 Å². The van der Waals surface area contributed by atoms with E-state index in [1.165, 1.54) is 36.8 Å². The zero-order valence-corrected chi connectivity index (χ0v) is 14.5. The number of phenols is 1. The van der Waals surface area contributed by atoms with Crippen LogP contribution in [-0.4, -0.2) is 16.3 Å². The first-order valence-electron chi connectivity index (χ1n) is 9.51. The van der Waals surface area contributed by atoms with E-state index in [9.17, 15) is 10.2 Å². The maximum atomic E-state index is 10.3. The fourth-order valence-electron chi connectivity index (χ4n) is 6.45. The molecule has 0 amide bonds. The van der Waals surface area contributed by atoms with Gasteiger partial charge in [-0.1, -0.05) is 32.8 Å². The molecule has 0 saturated heterocycles. The Labute approximate surface area is 139 Å². The number of rotatable bonds is 2. The van der Waals surface area contributed by atoms with Crippen molar-refractivity contribution in [3.63, 3.8) is 0 Å². The summed E-state index contributed by atoms with van der Waals surface area (Å²) in [6.07, 6.45) is 8.03. The number of aliphatic hydroxyl groups is 1. The summed E-state index contributed by atoms with van der Waals surface area (Å²) in [7, 11) is 0. The highest BCUT2D eigenvalue weighted by atomic mass is 16.3. The van der Waals surface area contributed by atoms with Crippen LogP contribution in [0, 0.1) is 23.2 Å². The van der Waals surface area contributed by atoms with E-state index in [1.54, 1.807) is 0 Å². The average Bonchev–Trinajstić information content (AvgIpc) is 2.81. The van der Waals surface area contributed by atoms with Gasteiger partial charge in [0.15, 0.2) is 0 Å². The quantitative estimate of drug-likeness (QED) is 0.835. The molecule has 0 bridgehead atoms. The van der Waals surface area contributed by atoms with Gasteiger partial charge in [-0.25, -0.2) is 0 Å². The summed E-state index contributed by atoms with van der Waals surface area (Å²) in [5.74, 6) is 3.17. The van der Waals surface area contributed by atoms with E-state index in [0.29, 0.717) is 28.9 Å². The molecule has 2 fully saturated rings. The lowest BCUT2D eigenvalue weighted by molar-refractivity contribution is 0.0231. The molecule has 0 aromatic heterocycles.